The highest BCUT2D eigenvalue weighted by atomic mass is 16.6. The predicted octanol–water partition coefficient (Wildman–Crippen LogP) is 2.42. The van der Waals surface area contributed by atoms with E-state index in [4.69, 9.17) is 9.94 Å². The highest BCUT2D eigenvalue weighted by Gasteiger charge is 2.40. The maximum Gasteiger partial charge on any atom is 0.323 e. The number of likely N-dealkylation sites (tertiary alicyclic amines) is 1. The predicted molar refractivity (Wildman–Crippen MR) is 101 cm³/mol. The van der Waals surface area contributed by atoms with Crippen LogP contribution in [0.25, 0.3) is 0 Å². The van der Waals surface area contributed by atoms with E-state index in [1.165, 1.54) is 13.1 Å². The van der Waals surface area contributed by atoms with Crippen molar-refractivity contribution >= 4 is 18.1 Å². The van der Waals surface area contributed by atoms with Gasteiger partial charge in [0.25, 0.3) is 0 Å². The van der Waals surface area contributed by atoms with Gasteiger partial charge in [-0.1, -0.05) is 13.3 Å². The Morgan fingerprint density at radius 3 is 2.58 bits per heavy atom. The van der Waals surface area contributed by atoms with Gasteiger partial charge in [0.2, 0.25) is 5.91 Å². The maximum absolute atomic E-state index is 12.7. The van der Waals surface area contributed by atoms with E-state index in [9.17, 15) is 9.59 Å². The van der Waals surface area contributed by atoms with Gasteiger partial charge in [0.15, 0.2) is 0 Å². The zero-order valence-corrected chi connectivity index (χ0v) is 17.0. The first-order valence-corrected chi connectivity index (χ1v) is 9.49. The highest BCUT2D eigenvalue weighted by Crippen LogP contribution is 2.27. The van der Waals surface area contributed by atoms with E-state index in [-0.39, 0.29) is 35.8 Å². The second kappa shape index (κ2) is 9.90. The molecule has 150 valence electrons. The molecule has 1 aliphatic heterocycles. The molecule has 0 aliphatic carbocycles. The van der Waals surface area contributed by atoms with E-state index in [1.807, 2.05) is 27.7 Å². The lowest BCUT2D eigenvalue weighted by molar-refractivity contribution is -0.160. The van der Waals surface area contributed by atoms with Crippen molar-refractivity contribution in [3.05, 3.63) is 0 Å². The van der Waals surface area contributed by atoms with E-state index in [0.29, 0.717) is 19.5 Å². The number of ether oxygens (including phenoxy) is 1. The van der Waals surface area contributed by atoms with Crippen molar-refractivity contribution in [3.63, 3.8) is 0 Å². The largest absolute Gasteiger partial charge is 0.459 e. The summed E-state index contributed by atoms with van der Waals surface area (Å²) in [5.74, 6) is -0.0442. The molecule has 7 nitrogen and oxygen atoms in total. The summed E-state index contributed by atoms with van der Waals surface area (Å²) < 4.78 is 5.59. The number of rotatable bonds is 8. The van der Waals surface area contributed by atoms with E-state index < -0.39 is 5.60 Å². The van der Waals surface area contributed by atoms with Crippen molar-refractivity contribution < 1.29 is 19.5 Å². The first kappa shape index (κ1) is 22.4. The van der Waals surface area contributed by atoms with Crippen LogP contribution in [0.15, 0.2) is 5.16 Å². The van der Waals surface area contributed by atoms with Crippen LogP contribution in [0.4, 0.5) is 0 Å². The lowest BCUT2D eigenvalue weighted by Crippen LogP contribution is -2.46. The zero-order valence-electron chi connectivity index (χ0n) is 17.0. The first-order valence-electron chi connectivity index (χ1n) is 9.49. The Bertz CT molecular complexity index is 502. The van der Waals surface area contributed by atoms with Gasteiger partial charge < -0.3 is 15.3 Å². The van der Waals surface area contributed by atoms with Crippen LogP contribution >= 0.6 is 0 Å². The number of amides is 1. The van der Waals surface area contributed by atoms with Crippen LogP contribution in [-0.2, 0) is 14.3 Å². The standard InChI is InChI=1S/C19H35N3O4/c1-7-8-16(13(2)21-14(3)23)12-22-11-15(10-20-25)9-17(22)18(24)26-19(4,5)6/h10,13,15-17,25H,7-9,11-12H2,1-6H3,(H,21,23)/t13?,15-,16?,17+/m0/s1. The number of esters is 1. The Hall–Kier alpha value is -1.63. The molecule has 0 spiro atoms. The maximum atomic E-state index is 12.7. The molecule has 2 unspecified atom stereocenters. The topological polar surface area (TPSA) is 91.2 Å². The first-order chi connectivity index (χ1) is 12.1. The van der Waals surface area contributed by atoms with Crippen molar-refractivity contribution in [2.24, 2.45) is 17.0 Å². The van der Waals surface area contributed by atoms with Gasteiger partial charge in [-0.3, -0.25) is 14.5 Å². The van der Waals surface area contributed by atoms with Gasteiger partial charge in [0.05, 0.1) is 0 Å². The van der Waals surface area contributed by atoms with Gasteiger partial charge in [-0.05, 0) is 46.5 Å². The van der Waals surface area contributed by atoms with Gasteiger partial charge in [0, 0.05) is 38.2 Å². The summed E-state index contributed by atoms with van der Waals surface area (Å²) >= 11 is 0. The van der Waals surface area contributed by atoms with Crippen LogP contribution in [0, 0.1) is 11.8 Å². The third-order valence-corrected chi connectivity index (χ3v) is 4.66. The molecule has 2 N–H and O–H groups in total. The van der Waals surface area contributed by atoms with E-state index in [0.717, 1.165) is 12.8 Å². The Kier molecular flexibility index (Phi) is 8.53. The van der Waals surface area contributed by atoms with Gasteiger partial charge in [0.1, 0.15) is 11.6 Å². The van der Waals surface area contributed by atoms with Gasteiger partial charge >= 0.3 is 5.97 Å². The Labute approximate surface area is 157 Å². The second-order valence-corrected chi connectivity index (χ2v) is 8.30. The fourth-order valence-electron chi connectivity index (χ4n) is 3.57. The summed E-state index contributed by atoms with van der Waals surface area (Å²) in [4.78, 5) is 26.2. The molecule has 1 saturated heterocycles. The van der Waals surface area contributed by atoms with Gasteiger partial charge in [-0.2, -0.15) is 0 Å². The number of oxime groups is 1. The number of carbonyl (C=O) groups excluding carboxylic acids is 2. The molecule has 1 rings (SSSR count). The van der Waals surface area contributed by atoms with E-state index in [2.05, 4.69) is 22.3 Å². The van der Waals surface area contributed by atoms with Crippen LogP contribution in [0.5, 0.6) is 0 Å². The lowest BCUT2D eigenvalue weighted by atomic mass is 9.95. The number of hydrogen-bond acceptors (Lipinski definition) is 6. The summed E-state index contributed by atoms with van der Waals surface area (Å²) in [6.07, 6.45) is 4.02. The summed E-state index contributed by atoms with van der Waals surface area (Å²) in [7, 11) is 0. The van der Waals surface area contributed by atoms with Crippen LogP contribution in [-0.4, -0.2) is 59.0 Å². The van der Waals surface area contributed by atoms with E-state index in [1.54, 1.807) is 0 Å². The van der Waals surface area contributed by atoms with Crippen molar-refractivity contribution in [2.45, 2.75) is 78.5 Å². The molecule has 7 heteroatoms. The third-order valence-electron chi connectivity index (χ3n) is 4.66. The van der Waals surface area contributed by atoms with Crippen molar-refractivity contribution in [2.75, 3.05) is 13.1 Å². The van der Waals surface area contributed by atoms with Crippen LogP contribution in [0.2, 0.25) is 0 Å². The summed E-state index contributed by atoms with van der Waals surface area (Å²) in [6, 6.07) is -0.335. The number of hydrogen-bond donors (Lipinski definition) is 2. The average Bonchev–Trinajstić information content (AvgIpc) is 2.87. The molecular weight excluding hydrogens is 334 g/mol. The van der Waals surface area contributed by atoms with Crippen molar-refractivity contribution in [3.8, 4) is 0 Å². The smallest absolute Gasteiger partial charge is 0.323 e. The number of nitrogens with one attached hydrogen (secondary N) is 1. The SMILES string of the molecule is CCCC(CN1C[C@H](C=NO)C[C@@H]1C(=O)OC(C)(C)C)C(C)NC(C)=O. The number of nitrogens with zero attached hydrogens (tertiary/aromatic N) is 2. The minimum absolute atomic E-state index is 0.0101. The molecule has 1 fully saturated rings. The lowest BCUT2D eigenvalue weighted by Gasteiger charge is -2.32. The molecule has 0 aromatic rings. The van der Waals surface area contributed by atoms with Crippen molar-refractivity contribution in [1.82, 2.24) is 10.2 Å². The molecule has 1 amide bonds. The zero-order chi connectivity index (χ0) is 19.9. The molecule has 0 aromatic heterocycles. The van der Waals surface area contributed by atoms with E-state index >= 15 is 0 Å². The van der Waals surface area contributed by atoms with Crippen molar-refractivity contribution in [1.29, 1.82) is 0 Å². The summed E-state index contributed by atoms with van der Waals surface area (Å²) in [5, 5.41) is 15.0. The minimum atomic E-state index is -0.543. The third kappa shape index (κ3) is 7.32. The normalized spacial score (nSPS) is 23.8. The Morgan fingerprint density at radius 2 is 2.08 bits per heavy atom. The van der Waals surface area contributed by atoms with Crippen LogP contribution < -0.4 is 5.32 Å². The highest BCUT2D eigenvalue weighted by molar-refractivity contribution is 5.78. The Morgan fingerprint density at radius 1 is 1.42 bits per heavy atom. The molecule has 26 heavy (non-hydrogen) atoms. The monoisotopic (exact) mass is 369 g/mol. The molecule has 4 atom stereocenters. The molecule has 0 aromatic carbocycles. The van der Waals surface area contributed by atoms with Crippen LogP contribution in [0.1, 0.15) is 60.8 Å². The quantitative estimate of drug-likeness (QED) is 0.297. The molecule has 1 aliphatic rings. The fourth-order valence-corrected chi connectivity index (χ4v) is 3.57. The average molecular weight is 370 g/mol. The summed E-state index contributed by atoms with van der Waals surface area (Å²) in [6.45, 7) is 12.5. The van der Waals surface area contributed by atoms with Gasteiger partial charge in [-0.15, -0.1) is 5.16 Å². The number of carbonyl (C=O) groups is 2. The fraction of sp³-hybridized carbons (Fsp3) is 0.842. The van der Waals surface area contributed by atoms with Crippen LogP contribution in [0.3, 0.4) is 0 Å². The second-order valence-electron chi connectivity index (χ2n) is 8.30. The van der Waals surface area contributed by atoms with Gasteiger partial charge in [-0.25, -0.2) is 0 Å². The molecule has 0 saturated carbocycles. The summed E-state index contributed by atoms with van der Waals surface area (Å²) in [5.41, 5.74) is -0.543. The minimum Gasteiger partial charge on any atom is -0.459 e. The Balaban J connectivity index is 2.90. The molecular formula is C19H35N3O4. The molecule has 1 heterocycles. The molecule has 0 bridgehead atoms. The molecule has 0 radical (unpaired) electrons.